The van der Waals surface area contributed by atoms with Gasteiger partial charge in [0.2, 0.25) is 0 Å². The molecule has 0 heterocycles. The Balaban J connectivity index is 0.000000647. The summed E-state index contributed by atoms with van der Waals surface area (Å²) in [5.41, 5.74) is 10.1. The summed E-state index contributed by atoms with van der Waals surface area (Å²) < 4.78 is 0. The van der Waals surface area contributed by atoms with Crippen LogP contribution in [0.4, 0.5) is 0 Å². The van der Waals surface area contributed by atoms with Gasteiger partial charge < -0.3 is 0 Å². The molecule has 3 heteroatoms. The normalized spacial score (nSPS) is 12.9. The van der Waals surface area contributed by atoms with Crippen molar-refractivity contribution in [3.8, 4) is 11.1 Å². The molecule has 126 valence electrons. The van der Waals surface area contributed by atoms with Gasteiger partial charge in [-0.1, -0.05) is 68.8 Å². The van der Waals surface area contributed by atoms with E-state index in [4.69, 9.17) is 17.0 Å². The maximum absolute atomic E-state index is 4.93. The molecule has 0 saturated carbocycles. The molecule has 24 heavy (non-hydrogen) atoms. The first-order valence-corrected chi connectivity index (χ1v) is 14.5. The fourth-order valence-corrected chi connectivity index (χ4v) is 3.15. The van der Waals surface area contributed by atoms with E-state index < -0.39 is 20.8 Å². The van der Waals surface area contributed by atoms with E-state index >= 15 is 0 Å². The zero-order valence-corrected chi connectivity index (χ0v) is 19.0. The van der Waals surface area contributed by atoms with Crippen LogP contribution in [0.25, 0.3) is 17.2 Å². The van der Waals surface area contributed by atoms with Gasteiger partial charge in [0, 0.05) is 0 Å². The summed E-state index contributed by atoms with van der Waals surface area (Å²) in [5, 5.41) is 0. The van der Waals surface area contributed by atoms with Gasteiger partial charge >= 0.3 is 37.9 Å². The molecule has 0 nitrogen and oxygen atoms in total. The third-order valence-corrected chi connectivity index (χ3v) is 4.50. The van der Waals surface area contributed by atoms with Crippen molar-refractivity contribution < 1.29 is 20.8 Å². The van der Waals surface area contributed by atoms with Crippen LogP contribution in [-0.4, -0.2) is 0 Å². The zero-order chi connectivity index (χ0) is 17.9. The van der Waals surface area contributed by atoms with Crippen molar-refractivity contribution in [2.45, 2.75) is 46.5 Å². The minimum absolute atomic E-state index is 0.213. The molecule has 0 fully saturated rings. The van der Waals surface area contributed by atoms with Crippen LogP contribution in [0.2, 0.25) is 0 Å². The second-order valence-electron chi connectivity index (χ2n) is 7.39. The SMILES string of the molecule is CC1=Cc2c(-c3ccc(C(C)(C)C)cc3)ccc(C)c2C1.[Cl][Zr][Cl]. The van der Waals surface area contributed by atoms with Gasteiger partial charge in [-0.05, 0) is 59.1 Å². The number of allylic oxidation sites excluding steroid dienone is 1. The number of benzene rings is 2. The fourth-order valence-electron chi connectivity index (χ4n) is 3.15. The Hall–Kier alpha value is -0.357. The van der Waals surface area contributed by atoms with Crippen LogP contribution < -0.4 is 0 Å². The third kappa shape index (κ3) is 4.63. The van der Waals surface area contributed by atoms with Crippen molar-refractivity contribution in [1.29, 1.82) is 0 Å². The second-order valence-corrected chi connectivity index (χ2v) is 11.1. The van der Waals surface area contributed by atoms with Gasteiger partial charge in [0.1, 0.15) is 0 Å². The van der Waals surface area contributed by atoms with Gasteiger partial charge in [-0.3, -0.25) is 0 Å². The number of halogens is 2. The van der Waals surface area contributed by atoms with Crippen molar-refractivity contribution in [2.24, 2.45) is 0 Å². The monoisotopic (exact) mass is 436 g/mol. The second kappa shape index (κ2) is 8.35. The third-order valence-electron chi connectivity index (χ3n) is 4.50. The summed E-state index contributed by atoms with van der Waals surface area (Å²) in [7, 11) is 9.87. The molecule has 0 unspecified atom stereocenters. The predicted octanol–water partition coefficient (Wildman–Crippen LogP) is 7.30. The Morgan fingerprint density at radius 1 is 0.917 bits per heavy atom. The van der Waals surface area contributed by atoms with Crippen LogP contribution in [0.5, 0.6) is 0 Å². The summed E-state index contributed by atoms with van der Waals surface area (Å²) >= 11 is -0.826. The van der Waals surface area contributed by atoms with Crippen molar-refractivity contribution in [1.82, 2.24) is 0 Å². The van der Waals surface area contributed by atoms with Crippen molar-refractivity contribution in [2.75, 3.05) is 0 Å². The molecule has 1 aliphatic rings. The van der Waals surface area contributed by atoms with Gasteiger partial charge in [0.25, 0.3) is 0 Å². The van der Waals surface area contributed by atoms with Gasteiger partial charge in [-0.15, -0.1) is 0 Å². The minimum atomic E-state index is -0.826. The van der Waals surface area contributed by atoms with E-state index in [1.54, 1.807) is 0 Å². The molecule has 0 spiro atoms. The van der Waals surface area contributed by atoms with Crippen LogP contribution in [0.15, 0.2) is 42.0 Å². The molecule has 0 atom stereocenters. The summed E-state index contributed by atoms with van der Waals surface area (Å²) in [6.45, 7) is 11.2. The Morgan fingerprint density at radius 2 is 1.50 bits per heavy atom. The molecule has 3 rings (SSSR count). The topological polar surface area (TPSA) is 0 Å². The number of hydrogen-bond acceptors (Lipinski definition) is 0. The van der Waals surface area contributed by atoms with Crippen LogP contribution in [-0.2, 0) is 32.7 Å². The van der Waals surface area contributed by atoms with E-state index in [1.165, 1.54) is 39.0 Å². The van der Waals surface area contributed by atoms with E-state index in [0.29, 0.717) is 0 Å². The van der Waals surface area contributed by atoms with Crippen molar-refractivity contribution >= 4 is 23.1 Å². The molecular weight excluding hydrogens is 414 g/mol. The summed E-state index contributed by atoms with van der Waals surface area (Å²) in [4.78, 5) is 0. The molecule has 2 aromatic rings. The predicted molar refractivity (Wildman–Crippen MR) is 104 cm³/mol. The van der Waals surface area contributed by atoms with E-state index in [2.05, 4.69) is 77.1 Å². The average Bonchev–Trinajstić information content (AvgIpc) is 2.90. The molecule has 0 bridgehead atoms. The van der Waals surface area contributed by atoms with Crippen LogP contribution in [0.1, 0.15) is 49.9 Å². The van der Waals surface area contributed by atoms with Crippen LogP contribution in [0, 0.1) is 6.92 Å². The molecule has 2 aromatic carbocycles. The van der Waals surface area contributed by atoms with Crippen molar-refractivity contribution in [3.05, 3.63) is 64.2 Å². The Labute approximate surface area is 164 Å². The molecule has 0 saturated heterocycles. The van der Waals surface area contributed by atoms with Crippen LogP contribution in [0.3, 0.4) is 0 Å². The molecule has 0 aromatic heterocycles. The summed E-state index contributed by atoms with van der Waals surface area (Å²) in [6.07, 6.45) is 3.46. The van der Waals surface area contributed by atoms with Gasteiger partial charge in [0.15, 0.2) is 0 Å². The molecule has 1 aliphatic carbocycles. The molecular formula is C21H24Cl2Zr. The number of rotatable bonds is 1. The quantitative estimate of drug-likeness (QED) is 0.438. The first kappa shape index (κ1) is 20.0. The van der Waals surface area contributed by atoms with E-state index in [-0.39, 0.29) is 5.41 Å². The standard InChI is InChI=1S/C21H24.2ClH.Zr/c1-14-12-19-15(2)6-11-18(20(19)13-14)16-7-9-17(10-8-16)21(3,4)5;;;/h6-11,13H,12H2,1-5H3;2*1H;/q;;;+2/p-2. The van der Waals surface area contributed by atoms with E-state index in [9.17, 15) is 0 Å². The molecule has 0 radical (unpaired) electrons. The Bertz CT molecular complexity index is 738. The first-order valence-electron chi connectivity index (χ1n) is 8.14. The van der Waals surface area contributed by atoms with Crippen LogP contribution >= 0.6 is 17.0 Å². The Kier molecular flexibility index (Phi) is 6.94. The van der Waals surface area contributed by atoms with Gasteiger partial charge in [0.05, 0.1) is 0 Å². The molecule has 0 aliphatic heterocycles. The maximum atomic E-state index is 4.93. The zero-order valence-electron chi connectivity index (χ0n) is 15.0. The van der Waals surface area contributed by atoms with Gasteiger partial charge in [-0.25, -0.2) is 0 Å². The molecule has 0 N–H and O–H groups in total. The fraction of sp³-hybridized carbons (Fsp3) is 0.333. The number of hydrogen-bond donors (Lipinski definition) is 0. The van der Waals surface area contributed by atoms with E-state index in [0.717, 1.165) is 6.42 Å². The summed E-state index contributed by atoms with van der Waals surface area (Å²) in [6, 6.07) is 13.6. The Morgan fingerprint density at radius 3 is 2.04 bits per heavy atom. The van der Waals surface area contributed by atoms with Gasteiger partial charge in [-0.2, -0.15) is 0 Å². The number of fused-ring (bicyclic) bond motifs is 1. The molecule has 0 amide bonds. The first-order chi connectivity index (χ1) is 11.3. The average molecular weight is 439 g/mol. The summed E-state index contributed by atoms with van der Waals surface area (Å²) in [5.74, 6) is 0. The van der Waals surface area contributed by atoms with E-state index in [1.807, 2.05) is 0 Å². The van der Waals surface area contributed by atoms with Crippen molar-refractivity contribution in [3.63, 3.8) is 0 Å². The number of aryl methyl sites for hydroxylation is 1.